The normalized spacial score (nSPS) is 13.1. The molecule has 0 aliphatic carbocycles. The van der Waals surface area contributed by atoms with Crippen molar-refractivity contribution < 1.29 is 23.8 Å². The average Bonchev–Trinajstić information content (AvgIpc) is 2.72. The van der Waals surface area contributed by atoms with E-state index in [1.54, 1.807) is 45.9 Å². The molecule has 32 heavy (non-hydrogen) atoms. The highest BCUT2D eigenvalue weighted by atomic mass is 16.6. The van der Waals surface area contributed by atoms with Gasteiger partial charge in [-0.25, -0.2) is 0 Å². The average molecular weight is 443 g/mol. The van der Waals surface area contributed by atoms with Crippen molar-refractivity contribution in [3.63, 3.8) is 0 Å². The molecule has 7 nitrogen and oxygen atoms in total. The van der Waals surface area contributed by atoms with E-state index in [2.05, 4.69) is 5.32 Å². The number of nitrogens with one attached hydrogen (secondary N) is 1. The van der Waals surface area contributed by atoms with Crippen LogP contribution >= 0.6 is 0 Å². The number of hydrogen-bond donors (Lipinski definition) is 2. The van der Waals surface area contributed by atoms with Gasteiger partial charge in [0.25, 0.3) is 0 Å². The Bertz CT molecular complexity index is 908. The number of ether oxygens (including phenoxy) is 3. The molecule has 1 atom stereocenters. The van der Waals surface area contributed by atoms with E-state index in [0.717, 1.165) is 11.1 Å². The first-order valence-corrected chi connectivity index (χ1v) is 10.6. The van der Waals surface area contributed by atoms with Gasteiger partial charge in [-0.2, -0.15) is 0 Å². The first-order valence-electron chi connectivity index (χ1n) is 10.6. The summed E-state index contributed by atoms with van der Waals surface area (Å²) in [6, 6.07) is 14.9. The van der Waals surface area contributed by atoms with Crippen molar-refractivity contribution in [2.24, 2.45) is 11.1 Å². The maximum absolute atomic E-state index is 12.9. The number of rotatable bonds is 10. The van der Waals surface area contributed by atoms with Crippen LogP contribution in [-0.4, -0.2) is 37.9 Å². The van der Waals surface area contributed by atoms with Crippen LogP contribution in [-0.2, 0) is 27.2 Å². The fourth-order valence-electron chi connectivity index (χ4n) is 3.08. The predicted octanol–water partition coefficient (Wildman–Crippen LogP) is 3.24. The summed E-state index contributed by atoms with van der Waals surface area (Å²) >= 11 is 0. The molecule has 2 rings (SSSR count). The second kappa shape index (κ2) is 11.0. The molecule has 0 bridgehead atoms. The van der Waals surface area contributed by atoms with Crippen molar-refractivity contribution in [1.29, 1.82) is 0 Å². The van der Waals surface area contributed by atoms with Gasteiger partial charge < -0.3 is 25.3 Å². The summed E-state index contributed by atoms with van der Waals surface area (Å²) in [4.78, 5) is 25.5. The molecule has 7 heteroatoms. The zero-order valence-electron chi connectivity index (χ0n) is 19.6. The van der Waals surface area contributed by atoms with Gasteiger partial charge in [0.1, 0.15) is 6.61 Å². The highest BCUT2D eigenvalue weighted by Gasteiger charge is 2.35. The Kier molecular flexibility index (Phi) is 8.66. The van der Waals surface area contributed by atoms with Crippen molar-refractivity contribution in [2.75, 3.05) is 20.3 Å². The largest absolute Gasteiger partial charge is 0.493 e. The summed E-state index contributed by atoms with van der Waals surface area (Å²) in [6.45, 7) is 7.81. The quantitative estimate of drug-likeness (QED) is 0.433. The highest BCUT2D eigenvalue weighted by molar-refractivity contribution is 5.80. The SMILES string of the molecule is COc1cc(CC(=O)N[C@@](C)(Cc2ccccc2)OC(=O)C(C)(C)C)ccc1OCCN. The Balaban J connectivity index is 2.17. The minimum absolute atomic E-state index is 0.0883. The minimum Gasteiger partial charge on any atom is -0.493 e. The number of carbonyl (C=O) groups excluding carboxylic acids is 2. The number of methoxy groups -OCH3 is 1. The molecule has 1 amide bonds. The molecule has 0 heterocycles. The third kappa shape index (κ3) is 7.57. The molecule has 2 aromatic rings. The predicted molar refractivity (Wildman–Crippen MR) is 123 cm³/mol. The van der Waals surface area contributed by atoms with Crippen molar-refractivity contribution in [3.05, 3.63) is 59.7 Å². The Morgan fingerprint density at radius 3 is 2.25 bits per heavy atom. The lowest BCUT2D eigenvalue weighted by molar-refractivity contribution is -0.172. The second-order valence-electron chi connectivity index (χ2n) is 8.88. The molecular formula is C25H34N2O5. The van der Waals surface area contributed by atoms with E-state index in [4.69, 9.17) is 19.9 Å². The molecule has 3 N–H and O–H groups in total. The van der Waals surface area contributed by atoms with Gasteiger partial charge in [-0.05, 0) is 51.0 Å². The molecule has 0 unspecified atom stereocenters. The van der Waals surface area contributed by atoms with E-state index < -0.39 is 11.1 Å². The Morgan fingerprint density at radius 2 is 1.66 bits per heavy atom. The van der Waals surface area contributed by atoms with E-state index in [9.17, 15) is 9.59 Å². The molecule has 174 valence electrons. The van der Waals surface area contributed by atoms with Gasteiger partial charge in [-0.1, -0.05) is 36.4 Å². The number of benzene rings is 2. The van der Waals surface area contributed by atoms with Crippen molar-refractivity contribution in [3.8, 4) is 11.5 Å². The van der Waals surface area contributed by atoms with Gasteiger partial charge in [0.2, 0.25) is 5.91 Å². The van der Waals surface area contributed by atoms with Gasteiger partial charge >= 0.3 is 5.97 Å². The first kappa shape index (κ1) is 25.2. The van der Waals surface area contributed by atoms with Gasteiger partial charge in [0, 0.05) is 13.0 Å². The van der Waals surface area contributed by atoms with Crippen molar-refractivity contribution in [2.45, 2.75) is 46.3 Å². The number of esters is 1. The summed E-state index contributed by atoms with van der Waals surface area (Å²) in [5.41, 5.74) is 5.27. The topological polar surface area (TPSA) is 99.9 Å². The molecule has 0 saturated heterocycles. The summed E-state index contributed by atoms with van der Waals surface area (Å²) in [7, 11) is 1.54. The minimum atomic E-state index is -1.20. The Morgan fingerprint density at radius 1 is 0.969 bits per heavy atom. The molecule has 0 aliphatic rings. The molecule has 2 aromatic carbocycles. The summed E-state index contributed by atoms with van der Waals surface area (Å²) in [6.07, 6.45) is 0.432. The maximum atomic E-state index is 12.9. The molecule has 0 spiro atoms. The monoisotopic (exact) mass is 442 g/mol. The van der Waals surface area contributed by atoms with E-state index >= 15 is 0 Å². The Hall–Kier alpha value is -3.06. The van der Waals surface area contributed by atoms with E-state index in [-0.39, 0.29) is 18.3 Å². The van der Waals surface area contributed by atoms with Crippen LogP contribution in [0.5, 0.6) is 11.5 Å². The van der Waals surface area contributed by atoms with Gasteiger partial charge in [-0.15, -0.1) is 0 Å². The molecule has 0 aliphatic heterocycles. The number of carbonyl (C=O) groups is 2. The molecule has 0 fully saturated rings. The number of amides is 1. The molecule has 0 radical (unpaired) electrons. The lowest BCUT2D eigenvalue weighted by Crippen LogP contribution is -2.52. The van der Waals surface area contributed by atoms with E-state index in [0.29, 0.717) is 31.1 Å². The summed E-state index contributed by atoms with van der Waals surface area (Å²) < 4.78 is 16.7. The zero-order chi connectivity index (χ0) is 23.8. The third-order valence-corrected chi connectivity index (χ3v) is 4.69. The van der Waals surface area contributed by atoms with Gasteiger partial charge in [0.15, 0.2) is 17.2 Å². The lowest BCUT2D eigenvalue weighted by Gasteiger charge is -2.33. The van der Waals surface area contributed by atoms with Crippen LogP contribution in [0, 0.1) is 5.41 Å². The smallest absolute Gasteiger partial charge is 0.313 e. The lowest BCUT2D eigenvalue weighted by atomic mass is 9.96. The second-order valence-corrected chi connectivity index (χ2v) is 8.88. The number of hydrogen-bond acceptors (Lipinski definition) is 6. The van der Waals surface area contributed by atoms with E-state index in [1.807, 2.05) is 30.3 Å². The van der Waals surface area contributed by atoms with Crippen LogP contribution in [0.2, 0.25) is 0 Å². The highest BCUT2D eigenvalue weighted by Crippen LogP contribution is 2.28. The van der Waals surface area contributed by atoms with Crippen LogP contribution in [0.1, 0.15) is 38.8 Å². The molecule has 0 aromatic heterocycles. The first-order chi connectivity index (χ1) is 15.1. The fraction of sp³-hybridized carbons (Fsp3) is 0.440. The van der Waals surface area contributed by atoms with Gasteiger partial charge in [-0.3, -0.25) is 9.59 Å². The van der Waals surface area contributed by atoms with Crippen LogP contribution in [0.3, 0.4) is 0 Å². The summed E-state index contributed by atoms with van der Waals surface area (Å²) in [5, 5.41) is 2.91. The molecular weight excluding hydrogens is 408 g/mol. The van der Waals surface area contributed by atoms with Crippen LogP contribution in [0.4, 0.5) is 0 Å². The summed E-state index contributed by atoms with van der Waals surface area (Å²) in [5.74, 6) is 0.423. The van der Waals surface area contributed by atoms with Gasteiger partial charge in [0.05, 0.1) is 18.9 Å². The standard InChI is InChI=1S/C25H34N2O5/c1-24(2,3)23(29)32-25(4,17-18-9-7-6-8-10-18)27-22(28)16-19-11-12-20(31-14-13-26)21(15-19)30-5/h6-12,15H,13-14,16-17,26H2,1-5H3,(H,27,28)/t25-/m1/s1. The van der Waals surface area contributed by atoms with Crippen LogP contribution in [0.15, 0.2) is 48.5 Å². The van der Waals surface area contributed by atoms with Crippen LogP contribution < -0.4 is 20.5 Å². The Labute approximate surface area is 190 Å². The third-order valence-electron chi connectivity index (χ3n) is 4.69. The number of nitrogens with two attached hydrogens (primary N) is 1. The maximum Gasteiger partial charge on any atom is 0.313 e. The van der Waals surface area contributed by atoms with E-state index in [1.165, 1.54) is 7.11 Å². The molecule has 0 saturated carbocycles. The fourth-order valence-corrected chi connectivity index (χ4v) is 3.08. The van der Waals surface area contributed by atoms with Crippen LogP contribution in [0.25, 0.3) is 0 Å². The van der Waals surface area contributed by atoms with Crippen molar-refractivity contribution in [1.82, 2.24) is 5.32 Å². The van der Waals surface area contributed by atoms with Crippen molar-refractivity contribution >= 4 is 11.9 Å². The zero-order valence-corrected chi connectivity index (χ0v) is 19.6.